The Morgan fingerprint density at radius 3 is 2.44 bits per heavy atom. The van der Waals surface area contributed by atoms with Crippen LogP contribution in [0.1, 0.15) is 18.6 Å². The van der Waals surface area contributed by atoms with Gasteiger partial charge in [-0.25, -0.2) is 8.78 Å². The monoisotopic (exact) mass is 270 g/mol. The Balaban J connectivity index is 3.10. The zero-order chi connectivity index (χ0) is 12.3. The molecule has 0 aliphatic heterocycles. The first-order valence-electron chi connectivity index (χ1n) is 4.55. The van der Waals surface area contributed by atoms with Crippen molar-refractivity contribution in [3.05, 3.63) is 27.7 Å². The van der Waals surface area contributed by atoms with Crippen molar-refractivity contribution in [3.63, 3.8) is 0 Å². The first-order valence-corrected chi connectivity index (χ1v) is 5.31. The Morgan fingerprint density at radius 2 is 1.94 bits per heavy atom. The maximum Gasteiger partial charge on any atom is 0.268 e. The van der Waals surface area contributed by atoms with Crippen molar-refractivity contribution in [2.45, 2.75) is 19.5 Å². The van der Waals surface area contributed by atoms with Crippen molar-refractivity contribution in [3.8, 4) is 5.75 Å². The normalized spacial score (nSPS) is 12.9. The van der Waals surface area contributed by atoms with E-state index < -0.39 is 12.5 Å². The summed E-state index contributed by atoms with van der Waals surface area (Å²) < 4.78 is 29.7. The predicted octanol–water partition coefficient (Wildman–Crippen LogP) is 3.69. The second kappa shape index (κ2) is 5.66. The van der Waals surface area contributed by atoms with E-state index in [1.807, 2.05) is 0 Å². The van der Waals surface area contributed by atoms with Gasteiger partial charge in [-0.05, 0) is 13.0 Å². The molecule has 1 aromatic carbocycles. The van der Waals surface area contributed by atoms with Crippen LogP contribution in [0.25, 0.3) is 0 Å². The van der Waals surface area contributed by atoms with Gasteiger partial charge in [0.15, 0.2) is 0 Å². The van der Waals surface area contributed by atoms with Crippen LogP contribution >= 0.6 is 23.2 Å². The molecule has 0 radical (unpaired) electrons. The number of aliphatic hydroxyl groups is 1. The molecule has 0 aromatic heterocycles. The van der Waals surface area contributed by atoms with Crippen LogP contribution in [-0.4, -0.2) is 18.1 Å². The summed E-state index contributed by atoms with van der Waals surface area (Å²) in [5.74, 6) is 0.305. The van der Waals surface area contributed by atoms with E-state index in [1.165, 1.54) is 12.1 Å². The van der Waals surface area contributed by atoms with Gasteiger partial charge in [-0.2, -0.15) is 0 Å². The number of benzene rings is 1. The number of alkyl halides is 2. The molecule has 1 unspecified atom stereocenters. The Bertz CT molecular complexity index is 372. The largest absolute Gasteiger partial charge is 0.492 e. The van der Waals surface area contributed by atoms with E-state index in [4.69, 9.17) is 27.9 Å². The average molecular weight is 271 g/mol. The number of halogens is 4. The summed E-state index contributed by atoms with van der Waals surface area (Å²) in [6.07, 6.45) is -4.85. The fraction of sp³-hybridized carbons (Fsp3) is 0.400. The molecular weight excluding hydrogens is 261 g/mol. The molecule has 0 saturated carbocycles. The number of rotatable bonds is 4. The van der Waals surface area contributed by atoms with Gasteiger partial charge in [0.1, 0.15) is 11.9 Å². The highest BCUT2D eigenvalue weighted by atomic mass is 35.5. The van der Waals surface area contributed by atoms with Crippen molar-refractivity contribution in [1.29, 1.82) is 0 Å². The summed E-state index contributed by atoms with van der Waals surface area (Å²) >= 11 is 11.5. The fourth-order valence-electron chi connectivity index (χ4n) is 1.17. The standard InChI is InChI=1S/C10H10Cl2F2O2/c1-2-16-8-4-6(11)5(3-7(8)12)9(15)10(13)14/h3-4,9-10,15H,2H2,1H3. The molecule has 0 saturated heterocycles. The summed E-state index contributed by atoms with van der Waals surface area (Å²) in [6, 6.07) is 2.50. The van der Waals surface area contributed by atoms with Crippen molar-refractivity contribution in [2.24, 2.45) is 0 Å². The molecule has 90 valence electrons. The van der Waals surface area contributed by atoms with E-state index in [-0.39, 0.29) is 15.6 Å². The molecule has 0 fully saturated rings. The van der Waals surface area contributed by atoms with Crippen LogP contribution in [-0.2, 0) is 0 Å². The fourth-order valence-corrected chi connectivity index (χ4v) is 1.66. The quantitative estimate of drug-likeness (QED) is 0.904. The molecule has 0 spiro atoms. The molecule has 16 heavy (non-hydrogen) atoms. The van der Waals surface area contributed by atoms with Gasteiger partial charge in [0.25, 0.3) is 6.43 Å². The van der Waals surface area contributed by atoms with Crippen LogP contribution in [0, 0.1) is 0 Å². The highest BCUT2D eigenvalue weighted by Crippen LogP contribution is 2.35. The topological polar surface area (TPSA) is 29.5 Å². The number of ether oxygens (including phenoxy) is 1. The number of aliphatic hydroxyl groups excluding tert-OH is 1. The van der Waals surface area contributed by atoms with Crippen LogP contribution < -0.4 is 4.74 Å². The van der Waals surface area contributed by atoms with Gasteiger partial charge >= 0.3 is 0 Å². The third-order valence-corrected chi connectivity index (χ3v) is 2.53. The molecule has 0 amide bonds. The Kier molecular flexibility index (Phi) is 4.77. The minimum atomic E-state index is -2.91. The van der Waals surface area contributed by atoms with E-state index in [1.54, 1.807) is 6.92 Å². The maximum atomic E-state index is 12.3. The molecule has 1 rings (SSSR count). The van der Waals surface area contributed by atoms with Gasteiger partial charge in [0.2, 0.25) is 0 Å². The lowest BCUT2D eigenvalue weighted by Crippen LogP contribution is -2.09. The summed E-state index contributed by atoms with van der Waals surface area (Å²) in [5, 5.41) is 9.33. The van der Waals surface area contributed by atoms with Crippen LogP contribution in [0.3, 0.4) is 0 Å². The van der Waals surface area contributed by atoms with Gasteiger partial charge in [0, 0.05) is 11.6 Å². The Labute approximate surface area is 102 Å². The minimum Gasteiger partial charge on any atom is -0.492 e. The van der Waals surface area contributed by atoms with Gasteiger partial charge in [-0.3, -0.25) is 0 Å². The van der Waals surface area contributed by atoms with Crippen LogP contribution in [0.4, 0.5) is 8.78 Å². The van der Waals surface area contributed by atoms with E-state index in [0.717, 1.165) is 0 Å². The van der Waals surface area contributed by atoms with Crippen LogP contribution in [0.15, 0.2) is 12.1 Å². The lowest BCUT2D eigenvalue weighted by molar-refractivity contribution is -0.00574. The summed E-state index contributed by atoms with van der Waals surface area (Å²) in [6.45, 7) is 2.14. The lowest BCUT2D eigenvalue weighted by Gasteiger charge is -2.14. The second-order valence-electron chi connectivity index (χ2n) is 3.02. The van der Waals surface area contributed by atoms with Gasteiger partial charge in [-0.15, -0.1) is 0 Å². The molecule has 0 heterocycles. The van der Waals surface area contributed by atoms with Gasteiger partial charge < -0.3 is 9.84 Å². The Hall–Kier alpha value is -0.580. The van der Waals surface area contributed by atoms with Crippen molar-refractivity contribution in [2.75, 3.05) is 6.61 Å². The van der Waals surface area contributed by atoms with E-state index in [9.17, 15) is 13.9 Å². The van der Waals surface area contributed by atoms with E-state index in [2.05, 4.69) is 0 Å². The summed E-state index contributed by atoms with van der Waals surface area (Å²) in [7, 11) is 0. The van der Waals surface area contributed by atoms with Crippen LogP contribution in [0.2, 0.25) is 10.0 Å². The highest BCUT2D eigenvalue weighted by Gasteiger charge is 2.23. The van der Waals surface area contributed by atoms with Crippen LogP contribution in [0.5, 0.6) is 5.75 Å². The molecule has 0 aliphatic rings. The molecular formula is C10H10Cl2F2O2. The minimum absolute atomic E-state index is 0.000602. The SMILES string of the molecule is CCOc1cc(Cl)c(C(O)C(F)F)cc1Cl. The zero-order valence-electron chi connectivity index (χ0n) is 8.38. The third kappa shape index (κ3) is 2.97. The highest BCUT2D eigenvalue weighted by molar-refractivity contribution is 6.34. The van der Waals surface area contributed by atoms with E-state index in [0.29, 0.717) is 12.4 Å². The maximum absolute atomic E-state index is 12.3. The molecule has 2 nitrogen and oxygen atoms in total. The molecule has 1 atom stereocenters. The predicted molar refractivity (Wildman–Crippen MR) is 58.6 cm³/mol. The number of hydrogen-bond acceptors (Lipinski definition) is 2. The number of hydrogen-bond donors (Lipinski definition) is 1. The smallest absolute Gasteiger partial charge is 0.268 e. The molecule has 1 N–H and O–H groups in total. The molecule has 6 heteroatoms. The molecule has 0 aliphatic carbocycles. The summed E-state index contributed by atoms with van der Waals surface area (Å²) in [5.41, 5.74) is -0.106. The average Bonchev–Trinajstić information content (AvgIpc) is 2.22. The van der Waals surface area contributed by atoms with Gasteiger partial charge in [-0.1, -0.05) is 23.2 Å². The van der Waals surface area contributed by atoms with Crippen molar-refractivity contribution < 1.29 is 18.6 Å². The van der Waals surface area contributed by atoms with Gasteiger partial charge in [0.05, 0.1) is 16.7 Å². The first kappa shape index (κ1) is 13.5. The summed E-state index contributed by atoms with van der Waals surface area (Å²) in [4.78, 5) is 0. The zero-order valence-corrected chi connectivity index (χ0v) is 9.90. The van der Waals surface area contributed by atoms with Crippen molar-refractivity contribution in [1.82, 2.24) is 0 Å². The second-order valence-corrected chi connectivity index (χ2v) is 3.83. The molecule has 1 aromatic rings. The first-order chi connectivity index (χ1) is 7.47. The van der Waals surface area contributed by atoms with E-state index >= 15 is 0 Å². The van der Waals surface area contributed by atoms with Crippen molar-refractivity contribution >= 4 is 23.2 Å². The third-order valence-electron chi connectivity index (χ3n) is 1.91. The lowest BCUT2D eigenvalue weighted by atomic mass is 10.1. The molecule has 0 bridgehead atoms. The Morgan fingerprint density at radius 1 is 1.31 bits per heavy atom.